The molecule has 1 nitrogen and oxygen atoms in total. The molecule has 0 bridgehead atoms. The van der Waals surface area contributed by atoms with Crippen molar-refractivity contribution in [1.82, 2.24) is 0 Å². The normalized spacial score (nSPS) is 13.0. The highest BCUT2D eigenvalue weighted by molar-refractivity contribution is 6.31. The summed E-state index contributed by atoms with van der Waals surface area (Å²) in [6.07, 6.45) is -1.95. The van der Waals surface area contributed by atoms with Crippen molar-refractivity contribution in [3.8, 4) is 6.07 Å². The number of hydrogen-bond donors (Lipinski definition) is 0. The van der Waals surface area contributed by atoms with Crippen molar-refractivity contribution in [2.24, 2.45) is 0 Å². The van der Waals surface area contributed by atoms with Crippen LogP contribution in [0.25, 0.3) is 6.08 Å². The Balaban J connectivity index is 2.45. The van der Waals surface area contributed by atoms with Crippen LogP contribution >= 0.6 is 11.6 Å². The van der Waals surface area contributed by atoms with Gasteiger partial charge in [0.1, 0.15) is 0 Å². The summed E-state index contributed by atoms with van der Waals surface area (Å²) in [7, 11) is 0. The largest absolute Gasteiger partial charge is 0.399 e. The van der Waals surface area contributed by atoms with Gasteiger partial charge in [0.25, 0.3) is 0 Å². The molecule has 2 aromatic carbocycles. The van der Waals surface area contributed by atoms with Gasteiger partial charge in [-0.1, -0.05) is 42.0 Å². The van der Waals surface area contributed by atoms with Crippen LogP contribution in [-0.2, 0) is 0 Å². The summed E-state index contributed by atoms with van der Waals surface area (Å²) in [5.41, 5.74) is 3.36. The molecule has 0 aliphatic rings. The molecule has 0 spiro atoms. The minimum atomic E-state index is -4.44. The average Bonchev–Trinajstić information content (AvgIpc) is 2.52. The molecular formula is C20H17ClF3N. The Morgan fingerprint density at radius 1 is 1.08 bits per heavy atom. The van der Waals surface area contributed by atoms with E-state index >= 15 is 0 Å². The third kappa shape index (κ3) is 4.43. The molecule has 5 heteroatoms. The number of nitriles is 1. The third-order valence-electron chi connectivity index (χ3n) is 4.20. The van der Waals surface area contributed by atoms with Crippen molar-refractivity contribution in [3.63, 3.8) is 0 Å². The fraction of sp³-hybridized carbons (Fsp3) is 0.250. The second-order valence-corrected chi connectivity index (χ2v) is 6.42. The fourth-order valence-corrected chi connectivity index (χ4v) is 2.78. The van der Waals surface area contributed by atoms with Gasteiger partial charge < -0.3 is 0 Å². The van der Waals surface area contributed by atoms with Crippen molar-refractivity contribution in [3.05, 3.63) is 74.8 Å². The fourth-order valence-electron chi connectivity index (χ4n) is 2.50. The highest BCUT2D eigenvalue weighted by Gasteiger charge is 2.39. The lowest BCUT2D eigenvalue weighted by Crippen LogP contribution is -2.19. The van der Waals surface area contributed by atoms with Crippen molar-refractivity contribution in [2.45, 2.75) is 32.9 Å². The number of aryl methyl sites for hydroxylation is 2. The first-order valence-electron chi connectivity index (χ1n) is 7.65. The Morgan fingerprint density at radius 3 is 2.32 bits per heavy atom. The van der Waals surface area contributed by atoms with Crippen molar-refractivity contribution in [1.29, 1.82) is 5.26 Å². The SMILES string of the molecule is Cc1ccc(/C=C/C(c2cc(C)c(C)c(Cl)c2)C(F)(F)F)cc1C#N. The highest BCUT2D eigenvalue weighted by Crippen LogP contribution is 2.38. The molecule has 0 saturated heterocycles. The highest BCUT2D eigenvalue weighted by atomic mass is 35.5. The van der Waals surface area contributed by atoms with Gasteiger partial charge in [-0.05, 0) is 60.7 Å². The van der Waals surface area contributed by atoms with Crippen LogP contribution in [0.5, 0.6) is 0 Å². The average molecular weight is 364 g/mol. The minimum absolute atomic E-state index is 0.101. The molecule has 0 aliphatic carbocycles. The Labute approximate surface area is 150 Å². The number of rotatable bonds is 3. The molecule has 1 unspecified atom stereocenters. The van der Waals surface area contributed by atoms with Crippen LogP contribution in [-0.4, -0.2) is 6.18 Å². The molecule has 25 heavy (non-hydrogen) atoms. The maximum absolute atomic E-state index is 13.5. The van der Waals surface area contributed by atoms with E-state index in [0.717, 1.165) is 17.2 Å². The molecule has 1 atom stereocenters. The first-order valence-corrected chi connectivity index (χ1v) is 8.03. The van der Waals surface area contributed by atoms with Gasteiger partial charge in [-0.25, -0.2) is 0 Å². The van der Waals surface area contributed by atoms with Crippen molar-refractivity contribution < 1.29 is 13.2 Å². The zero-order valence-corrected chi connectivity index (χ0v) is 14.8. The molecule has 0 fully saturated rings. The van der Waals surface area contributed by atoms with Crippen LogP contribution in [0.1, 0.15) is 39.3 Å². The molecule has 2 rings (SSSR count). The third-order valence-corrected chi connectivity index (χ3v) is 4.59. The van der Waals surface area contributed by atoms with Gasteiger partial charge in [0.15, 0.2) is 0 Å². The summed E-state index contributed by atoms with van der Waals surface area (Å²) in [5, 5.41) is 9.37. The summed E-state index contributed by atoms with van der Waals surface area (Å²) in [6, 6.07) is 9.89. The van der Waals surface area contributed by atoms with Gasteiger partial charge in [-0.3, -0.25) is 0 Å². The number of hydrogen-bond acceptors (Lipinski definition) is 1. The molecule has 0 aromatic heterocycles. The number of allylic oxidation sites excluding steroid dienone is 1. The monoisotopic (exact) mass is 363 g/mol. The Morgan fingerprint density at radius 2 is 1.76 bits per heavy atom. The second-order valence-electron chi connectivity index (χ2n) is 6.01. The van der Waals surface area contributed by atoms with Crippen LogP contribution in [0.4, 0.5) is 13.2 Å². The van der Waals surface area contributed by atoms with Crippen LogP contribution in [0.3, 0.4) is 0 Å². The zero-order chi connectivity index (χ0) is 18.8. The number of alkyl halides is 3. The van der Waals surface area contributed by atoms with E-state index in [9.17, 15) is 13.2 Å². The van der Waals surface area contributed by atoms with Crippen molar-refractivity contribution >= 4 is 17.7 Å². The lowest BCUT2D eigenvalue weighted by Gasteiger charge is -2.19. The summed E-state index contributed by atoms with van der Waals surface area (Å²) in [6.45, 7) is 5.29. The molecular weight excluding hydrogens is 347 g/mol. The predicted octanol–water partition coefficient (Wildman–Crippen LogP) is 6.50. The first kappa shape index (κ1) is 19.1. The van der Waals surface area contributed by atoms with Gasteiger partial charge >= 0.3 is 6.18 Å². The standard InChI is InChI=1S/C20H17ClF3N/c1-12-4-5-15(9-17(12)11-25)6-7-18(20(22,23)24)16-8-13(2)14(3)19(21)10-16/h4-10,18H,1-3H3/b7-6+. The van der Waals surface area contributed by atoms with E-state index in [-0.39, 0.29) is 5.56 Å². The smallest absolute Gasteiger partial charge is 0.192 e. The van der Waals surface area contributed by atoms with Gasteiger partial charge in [0.2, 0.25) is 0 Å². The Hall–Kier alpha value is -2.25. The molecule has 0 amide bonds. The van der Waals surface area contributed by atoms with Gasteiger partial charge in [-0.2, -0.15) is 18.4 Å². The summed E-state index contributed by atoms with van der Waals surface area (Å²) < 4.78 is 40.6. The number of nitrogens with zero attached hydrogens (tertiary/aromatic N) is 1. The lowest BCUT2D eigenvalue weighted by molar-refractivity contribution is -0.139. The van der Waals surface area contributed by atoms with Gasteiger partial charge in [-0.15, -0.1) is 0 Å². The Bertz CT molecular complexity index is 837. The predicted molar refractivity (Wildman–Crippen MR) is 94.7 cm³/mol. The summed E-state index contributed by atoms with van der Waals surface area (Å²) in [5.74, 6) is -1.77. The van der Waals surface area contributed by atoms with Gasteiger partial charge in [0.05, 0.1) is 17.6 Å². The topological polar surface area (TPSA) is 23.8 Å². The number of halogens is 4. The molecule has 2 aromatic rings. The van der Waals surface area contributed by atoms with E-state index in [2.05, 4.69) is 0 Å². The molecule has 130 valence electrons. The lowest BCUT2D eigenvalue weighted by atomic mass is 9.93. The minimum Gasteiger partial charge on any atom is -0.192 e. The van der Waals surface area contributed by atoms with Crippen LogP contribution in [0, 0.1) is 32.1 Å². The molecule has 0 heterocycles. The quantitative estimate of drug-likeness (QED) is 0.610. The Kier molecular flexibility index (Phi) is 5.59. The molecule has 0 radical (unpaired) electrons. The zero-order valence-electron chi connectivity index (χ0n) is 14.1. The maximum atomic E-state index is 13.5. The van der Waals surface area contributed by atoms with E-state index in [1.165, 1.54) is 18.2 Å². The van der Waals surface area contributed by atoms with E-state index < -0.39 is 12.1 Å². The van der Waals surface area contributed by atoms with Crippen LogP contribution in [0.2, 0.25) is 5.02 Å². The van der Waals surface area contributed by atoms with Crippen molar-refractivity contribution in [2.75, 3.05) is 0 Å². The molecule has 0 aliphatic heterocycles. The van der Waals surface area contributed by atoms with E-state index in [4.69, 9.17) is 16.9 Å². The molecule has 0 N–H and O–H groups in total. The molecule has 0 saturated carbocycles. The maximum Gasteiger partial charge on any atom is 0.399 e. The summed E-state index contributed by atoms with van der Waals surface area (Å²) >= 11 is 6.06. The first-order chi connectivity index (χ1) is 11.6. The van der Waals surface area contributed by atoms with Crippen LogP contribution < -0.4 is 0 Å². The van der Waals surface area contributed by atoms with Gasteiger partial charge in [0, 0.05) is 5.02 Å². The second kappa shape index (κ2) is 7.33. The summed E-state index contributed by atoms with van der Waals surface area (Å²) in [4.78, 5) is 0. The van der Waals surface area contributed by atoms with E-state index in [1.807, 2.05) is 6.07 Å². The van der Waals surface area contributed by atoms with Crippen LogP contribution in [0.15, 0.2) is 36.4 Å². The van der Waals surface area contributed by atoms with E-state index in [0.29, 0.717) is 21.7 Å². The van der Waals surface area contributed by atoms with E-state index in [1.54, 1.807) is 39.0 Å². The number of benzene rings is 2.